The Labute approximate surface area is 113 Å². The summed E-state index contributed by atoms with van der Waals surface area (Å²) in [4.78, 5) is 10.3. The molecular weight excluding hydrogens is 236 g/mol. The Balaban J connectivity index is 2.05. The molecule has 2 aromatic rings. The van der Waals surface area contributed by atoms with E-state index >= 15 is 0 Å². The molecule has 0 saturated carbocycles. The number of ether oxygens (including phenoxy) is 1. The lowest BCUT2D eigenvalue weighted by atomic mass is 10.1. The molecule has 0 atom stereocenters. The number of carbonyl (C=O) groups is 1. The summed E-state index contributed by atoms with van der Waals surface area (Å²) in [5.41, 5.74) is 3.20. The van der Waals surface area contributed by atoms with Crippen LogP contribution in [0.2, 0.25) is 0 Å². The monoisotopic (exact) mass is 252 g/mol. The second kappa shape index (κ2) is 6.55. The van der Waals surface area contributed by atoms with E-state index in [-0.39, 0.29) is 0 Å². The molecule has 19 heavy (non-hydrogen) atoms. The van der Waals surface area contributed by atoms with Crippen LogP contribution in [0.1, 0.15) is 16.7 Å². The van der Waals surface area contributed by atoms with Gasteiger partial charge in [-0.2, -0.15) is 0 Å². The average Bonchev–Trinajstić information content (AvgIpc) is 2.45. The zero-order valence-electron chi connectivity index (χ0n) is 10.9. The second-order valence-corrected chi connectivity index (χ2v) is 4.29. The minimum Gasteiger partial charge on any atom is -0.489 e. The van der Waals surface area contributed by atoms with Crippen molar-refractivity contribution in [2.24, 2.45) is 0 Å². The Morgan fingerprint density at radius 3 is 2.58 bits per heavy atom. The first kappa shape index (κ1) is 13.1. The van der Waals surface area contributed by atoms with Crippen molar-refractivity contribution in [3.05, 3.63) is 71.3 Å². The van der Waals surface area contributed by atoms with Gasteiger partial charge in [0.05, 0.1) is 0 Å². The van der Waals surface area contributed by atoms with E-state index in [2.05, 4.69) is 0 Å². The van der Waals surface area contributed by atoms with Gasteiger partial charge in [0.25, 0.3) is 0 Å². The maximum atomic E-state index is 10.3. The molecule has 0 unspecified atom stereocenters. The summed E-state index contributed by atoms with van der Waals surface area (Å²) >= 11 is 0. The van der Waals surface area contributed by atoms with Crippen molar-refractivity contribution in [1.82, 2.24) is 0 Å². The van der Waals surface area contributed by atoms with Gasteiger partial charge in [-0.05, 0) is 41.8 Å². The van der Waals surface area contributed by atoms with Crippen molar-refractivity contribution in [2.45, 2.75) is 13.5 Å². The zero-order valence-corrected chi connectivity index (χ0v) is 10.9. The molecule has 0 spiro atoms. The number of rotatable bonds is 5. The van der Waals surface area contributed by atoms with Crippen LogP contribution in [0.3, 0.4) is 0 Å². The van der Waals surface area contributed by atoms with E-state index in [0.29, 0.717) is 6.61 Å². The summed E-state index contributed by atoms with van der Waals surface area (Å²) in [5, 5.41) is 0. The first-order valence-electron chi connectivity index (χ1n) is 6.19. The Hall–Kier alpha value is -2.35. The minimum atomic E-state index is 0.561. The Bertz CT molecular complexity index is 571. The Kier molecular flexibility index (Phi) is 4.51. The number of carbonyl (C=O) groups excluding carboxylic acids is 1. The molecule has 0 heterocycles. The van der Waals surface area contributed by atoms with Gasteiger partial charge in [-0.3, -0.25) is 4.79 Å². The predicted molar refractivity (Wildman–Crippen MR) is 77.1 cm³/mol. The van der Waals surface area contributed by atoms with Crippen molar-refractivity contribution >= 4 is 12.4 Å². The lowest BCUT2D eigenvalue weighted by Gasteiger charge is -2.09. The number of aldehydes is 1. The van der Waals surface area contributed by atoms with Gasteiger partial charge in [-0.15, -0.1) is 0 Å². The maximum absolute atomic E-state index is 10.3. The van der Waals surface area contributed by atoms with Crippen LogP contribution in [0.5, 0.6) is 5.75 Å². The molecule has 96 valence electrons. The summed E-state index contributed by atoms with van der Waals surface area (Å²) in [6.07, 6.45) is 4.04. The molecular formula is C17H16O2. The molecule has 2 aromatic carbocycles. The lowest BCUT2D eigenvalue weighted by molar-refractivity contribution is -0.104. The average molecular weight is 252 g/mol. The third kappa shape index (κ3) is 3.81. The number of hydrogen-bond acceptors (Lipinski definition) is 2. The van der Waals surface area contributed by atoms with Crippen molar-refractivity contribution in [3.63, 3.8) is 0 Å². The van der Waals surface area contributed by atoms with Crippen LogP contribution in [-0.4, -0.2) is 6.29 Å². The van der Waals surface area contributed by atoms with Crippen molar-refractivity contribution in [2.75, 3.05) is 0 Å². The van der Waals surface area contributed by atoms with E-state index < -0.39 is 0 Å². The highest BCUT2D eigenvalue weighted by atomic mass is 16.5. The second-order valence-electron chi connectivity index (χ2n) is 4.29. The van der Waals surface area contributed by atoms with Crippen LogP contribution >= 0.6 is 0 Å². The fourth-order valence-corrected chi connectivity index (χ4v) is 1.82. The zero-order chi connectivity index (χ0) is 13.5. The van der Waals surface area contributed by atoms with Gasteiger partial charge in [0.1, 0.15) is 18.6 Å². The first-order chi connectivity index (χ1) is 9.29. The van der Waals surface area contributed by atoms with Gasteiger partial charge in [-0.1, -0.05) is 42.5 Å². The molecule has 0 saturated heterocycles. The smallest absolute Gasteiger partial charge is 0.142 e. The summed E-state index contributed by atoms with van der Waals surface area (Å²) in [7, 11) is 0. The van der Waals surface area contributed by atoms with Crippen LogP contribution in [-0.2, 0) is 11.4 Å². The fraction of sp³-hybridized carbons (Fsp3) is 0.118. The van der Waals surface area contributed by atoms with Crippen molar-refractivity contribution in [1.29, 1.82) is 0 Å². The van der Waals surface area contributed by atoms with E-state index in [0.717, 1.165) is 28.7 Å². The summed E-state index contributed by atoms with van der Waals surface area (Å²) in [6.45, 7) is 2.56. The topological polar surface area (TPSA) is 26.3 Å². The van der Waals surface area contributed by atoms with Crippen LogP contribution in [0.4, 0.5) is 0 Å². The summed E-state index contributed by atoms with van der Waals surface area (Å²) in [6, 6.07) is 15.9. The van der Waals surface area contributed by atoms with E-state index in [9.17, 15) is 4.79 Å². The van der Waals surface area contributed by atoms with Crippen molar-refractivity contribution < 1.29 is 9.53 Å². The largest absolute Gasteiger partial charge is 0.489 e. The van der Waals surface area contributed by atoms with Gasteiger partial charge in [-0.25, -0.2) is 0 Å². The van der Waals surface area contributed by atoms with Gasteiger partial charge in [0.2, 0.25) is 0 Å². The highest BCUT2D eigenvalue weighted by Crippen LogP contribution is 2.21. The van der Waals surface area contributed by atoms with Gasteiger partial charge >= 0.3 is 0 Å². The molecule has 0 aromatic heterocycles. The van der Waals surface area contributed by atoms with Crippen LogP contribution in [0, 0.1) is 6.92 Å². The van der Waals surface area contributed by atoms with Crippen molar-refractivity contribution in [3.8, 4) is 5.75 Å². The maximum Gasteiger partial charge on any atom is 0.142 e. The SMILES string of the molecule is Cc1cc(/C=C/C=O)ccc1OCc1ccccc1. The molecule has 2 rings (SSSR count). The molecule has 0 aliphatic heterocycles. The quantitative estimate of drug-likeness (QED) is 0.598. The molecule has 2 heteroatoms. The molecule has 0 fully saturated rings. The predicted octanol–water partition coefficient (Wildman–Crippen LogP) is 3.79. The highest BCUT2D eigenvalue weighted by molar-refractivity contribution is 5.74. The standard InChI is InChI=1S/C17H16O2/c1-14-12-15(8-5-11-18)9-10-17(14)19-13-16-6-3-2-4-7-16/h2-12H,13H2,1H3/b8-5+. The molecule has 0 radical (unpaired) electrons. The molecule has 0 N–H and O–H groups in total. The summed E-state index contributed by atoms with van der Waals surface area (Å²) < 4.78 is 5.79. The fourth-order valence-electron chi connectivity index (χ4n) is 1.82. The molecule has 0 aliphatic rings. The molecule has 0 amide bonds. The van der Waals surface area contributed by atoms with Gasteiger partial charge in [0, 0.05) is 0 Å². The van der Waals surface area contributed by atoms with Gasteiger partial charge in [0.15, 0.2) is 0 Å². The van der Waals surface area contributed by atoms with E-state index in [1.54, 1.807) is 6.08 Å². The number of hydrogen-bond donors (Lipinski definition) is 0. The number of benzene rings is 2. The Morgan fingerprint density at radius 2 is 1.89 bits per heavy atom. The molecule has 2 nitrogen and oxygen atoms in total. The van der Waals surface area contributed by atoms with E-state index in [1.807, 2.05) is 55.5 Å². The van der Waals surface area contributed by atoms with Gasteiger partial charge < -0.3 is 4.74 Å². The normalized spacial score (nSPS) is 10.6. The van der Waals surface area contributed by atoms with Crippen LogP contribution in [0.15, 0.2) is 54.6 Å². The first-order valence-corrected chi connectivity index (χ1v) is 6.19. The van der Waals surface area contributed by atoms with Crippen LogP contribution < -0.4 is 4.74 Å². The highest BCUT2D eigenvalue weighted by Gasteiger charge is 2.00. The van der Waals surface area contributed by atoms with E-state index in [1.165, 1.54) is 6.08 Å². The Morgan fingerprint density at radius 1 is 1.11 bits per heavy atom. The third-order valence-corrected chi connectivity index (χ3v) is 2.80. The van der Waals surface area contributed by atoms with Crippen LogP contribution in [0.25, 0.3) is 6.08 Å². The number of aryl methyl sites for hydroxylation is 1. The van der Waals surface area contributed by atoms with E-state index in [4.69, 9.17) is 4.74 Å². The molecule has 0 bridgehead atoms. The minimum absolute atomic E-state index is 0.561. The number of allylic oxidation sites excluding steroid dienone is 1. The summed E-state index contributed by atoms with van der Waals surface area (Å²) in [5.74, 6) is 0.868. The lowest BCUT2D eigenvalue weighted by Crippen LogP contribution is -1.96. The molecule has 0 aliphatic carbocycles. The third-order valence-electron chi connectivity index (χ3n) is 2.80.